The molecular weight excluding hydrogens is 445 g/mol. The molecule has 0 bridgehead atoms. The van der Waals surface area contributed by atoms with Crippen LogP contribution in [0.15, 0.2) is 70.5 Å². The van der Waals surface area contributed by atoms with E-state index in [0.717, 1.165) is 23.4 Å². The van der Waals surface area contributed by atoms with E-state index in [2.05, 4.69) is 11.1 Å². The molecule has 0 radical (unpaired) electrons. The van der Waals surface area contributed by atoms with Crippen LogP contribution in [0.2, 0.25) is 5.02 Å². The van der Waals surface area contributed by atoms with Crippen LogP contribution in [-0.4, -0.2) is 4.98 Å². The van der Waals surface area contributed by atoms with Gasteiger partial charge in [0.2, 0.25) is 0 Å². The Balaban J connectivity index is 1.65. The van der Waals surface area contributed by atoms with Crippen molar-refractivity contribution in [1.82, 2.24) is 4.98 Å². The Hall–Kier alpha value is -3.34. The van der Waals surface area contributed by atoms with E-state index in [1.807, 2.05) is 35.7 Å². The fourth-order valence-corrected chi connectivity index (χ4v) is 3.89. The minimum absolute atomic E-state index is 0.121. The summed E-state index contributed by atoms with van der Waals surface area (Å²) in [4.78, 5) is 4.51. The Kier molecular flexibility index (Phi) is 5.68. The van der Waals surface area contributed by atoms with Crippen LogP contribution >= 0.6 is 22.9 Å². The zero-order valence-corrected chi connectivity index (χ0v) is 17.2. The molecule has 31 heavy (non-hydrogen) atoms. The van der Waals surface area contributed by atoms with Gasteiger partial charge in [0.25, 0.3) is 0 Å². The average Bonchev–Trinajstić information content (AvgIpc) is 3.42. The van der Waals surface area contributed by atoms with Gasteiger partial charge in [0.15, 0.2) is 0 Å². The number of furan rings is 1. The summed E-state index contributed by atoms with van der Waals surface area (Å²) in [5.74, 6) is 0.472. The Labute approximate surface area is 184 Å². The number of nitrogens with zero attached hydrogens (tertiary/aromatic N) is 2. The highest BCUT2D eigenvalue weighted by molar-refractivity contribution is 7.11. The maximum absolute atomic E-state index is 13.0. The molecule has 0 spiro atoms. The van der Waals surface area contributed by atoms with Crippen molar-refractivity contribution < 1.29 is 17.6 Å². The van der Waals surface area contributed by atoms with Crippen LogP contribution in [0.3, 0.4) is 0 Å². The molecule has 154 valence electrons. The lowest BCUT2D eigenvalue weighted by molar-refractivity contribution is -0.137. The Morgan fingerprint density at radius 1 is 1.10 bits per heavy atom. The van der Waals surface area contributed by atoms with Crippen molar-refractivity contribution in [2.45, 2.75) is 6.18 Å². The van der Waals surface area contributed by atoms with Crippen LogP contribution in [0.5, 0.6) is 0 Å². The number of alkyl halides is 3. The lowest BCUT2D eigenvalue weighted by Crippen LogP contribution is -2.04. The van der Waals surface area contributed by atoms with Crippen LogP contribution in [-0.2, 0) is 6.18 Å². The SMILES string of the molecule is N#CC(=Cc1ccc(-c2cc(C(F)(F)F)ccc2Cl)o1)c1nc(-c2ccccc2)cs1. The zero-order chi connectivity index (χ0) is 22.0. The van der Waals surface area contributed by atoms with Gasteiger partial charge in [-0.05, 0) is 30.3 Å². The largest absolute Gasteiger partial charge is 0.457 e. The monoisotopic (exact) mass is 456 g/mol. The van der Waals surface area contributed by atoms with Crippen LogP contribution in [0.1, 0.15) is 16.3 Å². The van der Waals surface area contributed by atoms with Crippen molar-refractivity contribution in [2.24, 2.45) is 0 Å². The summed E-state index contributed by atoms with van der Waals surface area (Å²) < 4.78 is 44.7. The third-order valence-electron chi connectivity index (χ3n) is 4.40. The summed E-state index contributed by atoms with van der Waals surface area (Å²) >= 11 is 7.39. The smallest absolute Gasteiger partial charge is 0.416 e. The molecule has 4 rings (SSSR count). The van der Waals surface area contributed by atoms with Crippen LogP contribution < -0.4 is 0 Å². The molecule has 0 N–H and O–H groups in total. The molecule has 0 saturated carbocycles. The quantitative estimate of drug-likeness (QED) is 0.294. The molecule has 2 aromatic carbocycles. The first kappa shape index (κ1) is 20.9. The minimum Gasteiger partial charge on any atom is -0.457 e. The van der Waals surface area contributed by atoms with E-state index in [9.17, 15) is 18.4 Å². The molecule has 0 atom stereocenters. The van der Waals surface area contributed by atoms with Gasteiger partial charge in [-0.3, -0.25) is 0 Å². The Bertz CT molecular complexity index is 1300. The number of benzene rings is 2. The van der Waals surface area contributed by atoms with Crippen molar-refractivity contribution in [3.63, 3.8) is 0 Å². The average molecular weight is 457 g/mol. The molecule has 2 heterocycles. The van der Waals surface area contributed by atoms with Crippen LogP contribution in [0.25, 0.3) is 34.2 Å². The zero-order valence-electron chi connectivity index (χ0n) is 15.7. The molecule has 0 fully saturated rings. The van der Waals surface area contributed by atoms with Crippen molar-refractivity contribution >= 4 is 34.6 Å². The second-order valence-corrected chi connectivity index (χ2v) is 7.73. The molecule has 0 aliphatic carbocycles. The Morgan fingerprint density at radius 2 is 1.87 bits per heavy atom. The van der Waals surface area contributed by atoms with E-state index in [0.29, 0.717) is 10.8 Å². The summed E-state index contributed by atoms with van der Waals surface area (Å²) in [5.41, 5.74) is 1.26. The summed E-state index contributed by atoms with van der Waals surface area (Å²) in [7, 11) is 0. The second-order valence-electron chi connectivity index (χ2n) is 6.47. The summed E-state index contributed by atoms with van der Waals surface area (Å²) in [5, 5.41) is 12.1. The van der Waals surface area contributed by atoms with Gasteiger partial charge < -0.3 is 4.42 Å². The molecule has 0 saturated heterocycles. The van der Waals surface area contributed by atoms with E-state index in [4.69, 9.17) is 16.0 Å². The van der Waals surface area contributed by atoms with Gasteiger partial charge in [0, 0.05) is 22.6 Å². The fourth-order valence-electron chi connectivity index (χ4n) is 2.89. The molecular formula is C23H12ClF3N2OS. The van der Waals surface area contributed by atoms with Gasteiger partial charge in [-0.25, -0.2) is 4.98 Å². The highest BCUT2D eigenvalue weighted by Gasteiger charge is 2.31. The predicted octanol–water partition coefficient (Wildman–Crippen LogP) is 7.81. The standard InChI is InChI=1S/C23H12ClF3N2OS/c24-19-8-6-16(23(25,26)27)11-18(19)21-9-7-17(30-21)10-15(12-28)22-29-20(13-31-22)14-4-2-1-3-5-14/h1-11,13H. The minimum atomic E-state index is -4.50. The summed E-state index contributed by atoms with van der Waals surface area (Å²) in [6.45, 7) is 0. The summed E-state index contributed by atoms with van der Waals surface area (Å²) in [6, 6.07) is 17.8. The summed E-state index contributed by atoms with van der Waals surface area (Å²) in [6.07, 6.45) is -3.00. The Morgan fingerprint density at radius 3 is 2.58 bits per heavy atom. The van der Waals surface area contributed by atoms with Crippen LogP contribution in [0, 0.1) is 11.3 Å². The predicted molar refractivity (Wildman–Crippen MR) is 115 cm³/mol. The third kappa shape index (κ3) is 4.55. The number of nitriles is 1. The number of thiazole rings is 1. The fraction of sp³-hybridized carbons (Fsp3) is 0.0435. The van der Waals surface area contributed by atoms with E-state index < -0.39 is 11.7 Å². The molecule has 0 aliphatic heterocycles. The number of allylic oxidation sites excluding steroid dienone is 1. The van der Waals surface area contributed by atoms with Crippen molar-refractivity contribution in [2.75, 3.05) is 0 Å². The molecule has 0 unspecified atom stereocenters. The normalized spacial score (nSPS) is 12.0. The first-order valence-electron chi connectivity index (χ1n) is 8.95. The van der Waals surface area contributed by atoms with Crippen molar-refractivity contribution in [3.8, 4) is 28.7 Å². The van der Waals surface area contributed by atoms with Crippen LogP contribution in [0.4, 0.5) is 13.2 Å². The molecule has 2 aromatic heterocycles. The lowest BCUT2D eigenvalue weighted by Gasteiger charge is -2.09. The molecule has 4 aromatic rings. The van der Waals surface area contributed by atoms with Gasteiger partial charge in [-0.1, -0.05) is 41.9 Å². The number of rotatable bonds is 4. The van der Waals surface area contributed by atoms with Gasteiger partial charge in [0.1, 0.15) is 22.6 Å². The number of aromatic nitrogens is 1. The molecule has 0 aliphatic rings. The first-order valence-corrected chi connectivity index (χ1v) is 10.2. The number of halogens is 4. The lowest BCUT2D eigenvalue weighted by atomic mass is 10.1. The van der Waals surface area contributed by atoms with Gasteiger partial charge >= 0.3 is 6.18 Å². The number of hydrogen-bond donors (Lipinski definition) is 0. The van der Waals surface area contributed by atoms with E-state index >= 15 is 0 Å². The second kappa shape index (κ2) is 8.42. The van der Waals surface area contributed by atoms with E-state index in [-0.39, 0.29) is 21.9 Å². The van der Waals surface area contributed by atoms with E-state index in [1.54, 1.807) is 6.07 Å². The topological polar surface area (TPSA) is 49.8 Å². The highest BCUT2D eigenvalue weighted by Crippen LogP contribution is 2.37. The first-order chi connectivity index (χ1) is 14.8. The van der Waals surface area contributed by atoms with Crippen molar-refractivity contribution in [3.05, 3.63) is 87.4 Å². The molecule has 3 nitrogen and oxygen atoms in total. The van der Waals surface area contributed by atoms with E-state index in [1.165, 1.54) is 29.5 Å². The van der Waals surface area contributed by atoms with Gasteiger partial charge in [-0.15, -0.1) is 11.3 Å². The van der Waals surface area contributed by atoms with Gasteiger partial charge in [-0.2, -0.15) is 18.4 Å². The number of hydrogen-bond acceptors (Lipinski definition) is 4. The van der Waals surface area contributed by atoms with Gasteiger partial charge in [0.05, 0.1) is 21.9 Å². The molecule has 8 heteroatoms. The maximum atomic E-state index is 13.0. The van der Waals surface area contributed by atoms with Crippen molar-refractivity contribution in [1.29, 1.82) is 5.26 Å². The maximum Gasteiger partial charge on any atom is 0.416 e. The third-order valence-corrected chi connectivity index (χ3v) is 5.60. The molecule has 0 amide bonds. The highest BCUT2D eigenvalue weighted by atomic mass is 35.5.